The summed E-state index contributed by atoms with van der Waals surface area (Å²) in [6.45, 7) is 2.19. The zero-order valence-electron chi connectivity index (χ0n) is 9.78. The Labute approximate surface area is 97.1 Å². The van der Waals surface area contributed by atoms with Crippen molar-refractivity contribution in [3.63, 3.8) is 0 Å². The smallest absolute Gasteiger partial charge is 0.133 e. The molecule has 86 valence electrons. The van der Waals surface area contributed by atoms with E-state index in [1.165, 1.54) is 5.56 Å². The first-order chi connectivity index (χ1) is 7.75. The van der Waals surface area contributed by atoms with Gasteiger partial charge in [-0.05, 0) is 25.3 Å². The molecule has 1 aromatic carbocycles. The van der Waals surface area contributed by atoms with Crippen LogP contribution in [0.4, 0.5) is 0 Å². The maximum atomic E-state index is 11.1. The van der Waals surface area contributed by atoms with Crippen molar-refractivity contribution in [1.29, 1.82) is 0 Å². The van der Waals surface area contributed by atoms with Crippen LogP contribution in [0.3, 0.4) is 0 Å². The van der Waals surface area contributed by atoms with Crippen LogP contribution in [0.1, 0.15) is 44.2 Å². The van der Waals surface area contributed by atoms with Gasteiger partial charge in [0.05, 0.1) is 0 Å². The summed E-state index contributed by atoms with van der Waals surface area (Å²) in [5.74, 6) is 0.422. The minimum Gasteiger partial charge on any atom is -0.307 e. The van der Waals surface area contributed by atoms with Crippen molar-refractivity contribution in [1.82, 2.24) is 5.32 Å². The third-order valence-corrected chi connectivity index (χ3v) is 3.33. The molecule has 0 radical (unpaired) electrons. The largest absolute Gasteiger partial charge is 0.307 e. The van der Waals surface area contributed by atoms with E-state index in [0.29, 0.717) is 17.9 Å². The molecule has 0 aliphatic heterocycles. The Morgan fingerprint density at radius 1 is 1.19 bits per heavy atom. The molecule has 0 saturated heterocycles. The van der Waals surface area contributed by atoms with Crippen molar-refractivity contribution in [3.8, 4) is 0 Å². The lowest BCUT2D eigenvalue weighted by Crippen LogP contribution is -2.35. The molecule has 1 aliphatic rings. The van der Waals surface area contributed by atoms with Crippen molar-refractivity contribution in [3.05, 3.63) is 35.9 Å². The predicted molar refractivity (Wildman–Crippen MR) is 65.3 cm³/mol. The minimum absolute atomic E-state index is 0.374. The third-order valence-electron chi connectivity index (χ3n) is 3.33. The Balaban J connectivity index is 1.88. The van der Waals surface area contributed by atoms with Gasteiger partial charge in [0, 0.05) is 24.9 Å². The molecule has 0 spiro atoms. The monoisotopic (exact) mass is 217 g/mol. The summed E-state index contributed by atoms with van der Waals surface area (Å²) < 4.78 is 0. The van der Waals surface area contributed by atoms with Crippen LogP contribution in [0.15, 0.2) is 30.3 Å². The quantitative estimate of drug-likeness (QED) is 0.843. The van der Waals surface area contributed by atoms with Gasteiger partial charge < -0.3 is 5.32 Å². The average molecular weight is 217 g/mol. The van der Waals surface area contributed by atoms with Crippen LogP contribution in [0.2, 0.25) is 0 Å². The van der Waals surface area contributed by atoms with Crippen LogP contribution >= 0.6 is 0 Å². The lowest BCUT2D eigenvalue weighted by molar-refractivity contribution is -0.120. The highest BCUT2D eigenvalue weighted by atomic mass is 16.1. The fourth-order valence-electron chi connectivity index (χ4n) is 2.30. The van der Waals surface area contributed by atoms with Gasteiger partial charge in [-0.2, -0.15) is 0 Å². The van der Waals surface area contributed by atoms with Crippen LogP contribution in [0, 0.1) is 0 Å². The molecule has 1 aliphatic carbocycles. The van der Waals surface area contributed by atoms with Crippen LogP contribution in [0.5, 0.6) is 0 Å². The van der Waals surface area contributed by atoms with E-state index in [9.17, 15) is 4.79 Å². The fraction of sp³-hybridized carbons (Fsp3) is 0.500. The normalized spacial score (nSPS) is 19.7. The van der Waals surface area contributed by atoms with Crippen molar-refractivity contribution in [2.24, 2.45) is 0 Å². The Morgan fingerprint density at radius 2 is 1.81 bits per heavy atom. The van der Waals surface area contributed by atoms with Gasteiger partial charge in [0.2, 0.25) is 0 Å². The van der Waals surface area contributed by atoms with E-state index in [1.54, 1.807) is 0 Å². The second kappa shape index (κ2) is 5.26. The molecule has 16 heavy (non-hydrogen) atoms. The van der Waals surface area contributed by atoms with Gasteiger partial charge in [-0.1, -0.05) is 30.3 Å². The molecule has 1 fully saturated rings. The Kier molecular flexibility index (Phi) is 3.73. The summed E-state index contributed by atoms with van der Waals surface area (Å²) in [5, 5.41) is 3.60. The highest BCUT2D eigenvalue weighted by Crippen LogP contribution is 2.19. The standard InChI is InChI=1S/C14H19NO/c1-11(12-5-3-2-4-6-12)15-13-7-9-14(16)10-8-13/h2-6,11,13,15H,7-10H2,1H3/t11-/m1/s1. The first-order valence-corrected chi connectivity index (χ1v) is 6.08. The third kappa shape index (κ3) is 2.92. The number of ketones is 1. The van der Waals surface area contributed by atoms with E-state index < -0.39 is 0 Å². The summed E-state index contributed by atoms with van der Waals surface area (Å²) >= 11 is 0. The first kappa shape index (κ1) is 11.3. The van der Waals surface area contributed by atoms with E-state index in [4.69, 9.17) is 0 Å². The highest BCUT2D eigenvalue weighted by Gasteiger charge is 2.20. The Morgan fingerprint density at radius 3 is 2.44 bits per heavy atom. The Hall–Kier alpha value is -1.15. The van der Waals surface area contributed by atoms with Gasteiger partial charge in [0.15, 0.2) is 0 Å². The van der Waals surface area contributed by atoms with Gasteiger partial charge in [0.1, 0.15) is 5.78 Å². The summed E-state index contributed by atoms with van der Waals surface area (Å²) in [6.07, 6.45) is 3.49. The second-order valence-corrected chi connectivity index (χ2v) is 4.61. The van der Waals surface area contributed by atoms with E-state index in [0.717, 1.165) is 25.7 Å². The topological polar surface area (TPSA) is 29.1 Å². The molecule has 0 heterocycles. The Bertz CT molecular complexity index is 337. The molecule has 1 saturated carbocycles. The van der Waals surface area contributed by atoms with Crippen molar-refractivity contribution in [2.45, 2.75) is 44.7 Å². The molecule has 2 heteroatoms. The van der Waals surface area contributed by atoms with Crippen LogP contribution in [-0.2, 0) is 4.79 Å². The minimum atomic E-state index is 0.374. The second-order valence-electron chi connectivity index (χ2n) is 4.61. The molecule has 1 aromatic rings. The van der Waals surface area contributed by atoms with E-state index in [-0.39, 0.29) is 0 Å². The zero-order chi connectivity index (χ0) is 11.4. The number of carbonyl (C=O) groups excluding carboxylic acids is 1. The zero-order valence-corrected chi connectivity index (χ0v) is 9.78. The average Bonchev–Trinajstić information content (AvgIpc) is 2.33. The van der Waals surface area contributed by atoms with Crippen LogP contribution in [-0.4, -0.2) is 11.8 Å². The van der Waals surface area contributed by atoms with E-state index >= 15 is 0 Å². The molecule has 2 nitrogen and oxygen atoms in total. The number of carbonyl (C=O) groups is 1. The van der Waals surface area contributed by atoms with Crippen molar-refractivity contribution >= 4 is 5.78 Å². The molecule has 0 amide bonds. The number of Topliss-reactive ketones (excluding diaryl/α,β-unsaturated/α-hetero) is 1. The van der Waals surface area contributed by atoms with Gasteiger partial charge in [-0.15, -0.1) is 0 Å². The molecule has 1 atom stereocenters. The van der Waals surface area contributed by atoms with E-state index in [1.807, 2.05) is 6.07 Å². The molecule has 0 unspecified atom stereocenters. The molecule has 0 bridgehead atoms. The number of hydrogen-bond acceptors (Lipinski definition) is 2. The van der Waals surface area contributed by atoms with E-state index in [2.05, 4.69) is 36.5 Å². The van der Waals surface area contributed by atoms with Crippen molar-refractivity contribution in [2.75, 3.05) is 0 Å². The van der Waals surface area contributed by atoms with Gasteiger partial charge >= 0.3 is 0 Å². The van der Waals surface area contributed by atoms with Crippen LogP contribution in [0.25, 0.3) is 0 Å². The van der Waals surface area contributed by atoms with Gasteiger partial charge in [-0.3, -0.25) is 4.79 Å². The fourth-order valence-corrected chi connectivity index (χ4v) is 2.30. The lowest BCUT2D eigenvalue weighted by Gasteiger charge is -2.26. The summed E-state index contributed by atoms with van der Waals surface area (Å²) in [4.78, 5) is 11.1. The highest BCUT2D eigenvalue weighted by molar-refractivity contribution is 5.79. The molecular formula is C14H19NO. The number of nitrogens with one attached hydrogen (secondary N) is 1. The lowest BCUT2D eigenvalue weighted by atomic mass is 9.93. The van der Waals surface area contributed by atoms with Crippen molar-refractivity contribution < 1.29 is 4.79 Å². The number of benzene rings is 1. The summed E-state index contributed by atoms with van der Waals surface area (Å²) in [7, 11) is 0. The SMILES string of the molecule is C[C@@H](NC1CCC(=O)CC1)c1ccccc1. The molecule has 1 N–H and O–H groups in total. The maximum Gasteiger partial charge on any atom is 0.133 e. The molecule has 2 rings (SSSR count). The summed E-state index contributed by atoms with van der Waals surface area (Å²) in [5.41, 5.74) is 1.32. The maximum absolute atomic E-state index is 11.1. The predicted octanol–water partition coefficient (Wildman–Crippen LogP) is 2.85. The van der Waals surface area contributed by atoms with Crippen LogP contribution < -0.4 is 5.32 Å². The number of hydrogen-bond donors (Lipinski definition) is 1. The number of rotatable bonds is 3. The summed E-state index contributed by atoms with van der Waals surface area (Å²) in [6, 6.07) is 11.3. The molecule has 0 aromatic heterocycles. The van der Waals surface area contributed by atoms with Gasteiger partial charge in [0.25, 0.3) is 0 Å². The first-order valence-electron chi connectivity index (χ1n) is 6.08. The van der Waals surface area contributed by atoms with Gasteiger partial charge in [-0.25, -0.2) is 0 Å². The molecular weight excluding hydrogens is 198 g/mol.